The molecule has 6 heteroatoms. The first-order valence-electron chi connectivity index (χ1n) is 5.44. The third-order valence-electron chi connectivity index (χ3n) is 2.09. The molecule has 0 aliphatic heterocycles. The highest BCUT2D eigenvalue weighted by molar-refractivity contribution is 6.39. The summed E-state index contributed by atoms with van der Waals surface area (Å²) in [6, 6.07) is 6.66. The minimum Gasteiger partial charge on any atom is -0.497 e. The van der Waals surface area contributed by atoms with E-state index in [1.807, 2.05) is 0 Å². The zero-order valence-electron chi connectivity index (χ0n) is 10.3. The Kier molecular flexibility index (Phi) is 5.13. The van der Waals surface area contributed by atoms with Gasteiger partial charge in [0, 0.05) is 18.3 Å². The summed E-state index contributed by atoms with van der Waals surface area (Å²) in [6.45, 7) is 1.55. The quantitative estimate of drug-likeness (QED) is 0.665. The lowest BCUT2D eigenvalue weighted by atomic mass is 10.3. The fourth-order valence-corrected chi connectivity index (χ4v) is 1.21. The number of aliphatic hydroxyl groups excluding tert-OH is 1. The number of hydrogen-bond donors (Lipinski definition) is 3. The molecular formula is C12H16N2O4. The van der Waals surface area contributed by atoms with E-state index >= 15 is 0 Å². The highest BCUT2D eigenvalue weighted by Crippen LogP contribution is 2.16. The van der Waals surface area contributed by atoms with Crippen LogP contribution in [0.15, 0.2) is 24.3 Å². The lowest BCUT2D eigenvalue weighted by Crippen LogP contribution is -2.38. The van der Waals surface area contributed by atoms with E-state index < -0.39 is 17.9 Å². The molecule has 1 aromatic rings. The first-order valence-corrected chi connectivity index (χ1v) is 5.44. The minimum absolute atomic E-state index is 0.0321. The molecule has 0 saturated heterocycles. The summed E-state index contributed by atoms with van der Waals surface area (Å²) in [5.74, 6) is -1.00. The van der Waals surface area contributed by atoms with E-state index in [0.29, 0.717) is 11.4 Å². The third-order valence-corrected chi connectivity index (χ3v) is 2.09. The molecule has 18 heavy (non-hydrogen) atoms. The van der Waals surface area contributed by atoms with Gasteiger partial charge in [-0.2, -0.15) is 0 Å². The van der Waals surface area contributed by atoms with Crippen LogP contribution in [0.2, 0.25) is 0 Å². The fourth-order valence-electron chi connectivity index (χ4n) is 1.21. The number of rotatable bonds is 4. The largest absolute Gasteiger partial charge is 0.497 e. The maximum atomic E-state index is 11.5. The number of aliphatic hydroxyl groups is 1. The molecule has 1 atom stereocenters. The predicted octanol–water partition coefficient (Wildman–Crippen LogP) is 0.131. The van der Waals surface area contributed by atoms with Gasteiger partial charge < -0.3 is 20.5 Å². The van der Waals surface area contributed by atoms with Gasteiger partial charge in [-0.15, -0.1) is 0 Å². The number of nitrogens with one attached hydrogen (secondary N) is 2. The lowest BCUT2D eigenvalue weighted by Gasteiger charge is -2.08. The van der Waals surface area contributed by atoms with Crippen molar-refractivity contribution in [2.75, 3.05) is 19.0 Å². The van der Waals surface area contributed by atoms with E-state index in [-0.39, 0.29) is 6.54 Å². The van der Waals surface area contributed by atoms with Crippen molar-refractivity contribution in [2.24, 2.45) is 0 Å². The first kappa shape index (κ1) is 14.0. The van der Waals surface area contributed by atoms with Crippen molar-refractivity contribution in [1.29, 1.82) is 0 Å². The fraction of sp³-hybridized carbons (Fsp3) is 0.333. The molecule has 2 amide bonds. The number of ether oxygens (including phenoxy) is 1. The number of amides is 2. The molecule has 0 aliphatic rings. The Bertz CT molecular complexity index is 432. The number of benzene rings is 1. The van der Waals surface area contributed by atoms with Gasteiger partial charge in [0.25, 0.3) is 0 Å². The Morgan fingerprint density at radius 1 is 1.39 bits per heavy atom. The topological polar surface area (TPSA) is 87.7 Å². The Morgan fingerprint density at radius 2 is 2.11 bits per heavy atom. The van der Waals surface area contributed by atoms with E-state index in [1.54, 1.807) is 24.3 Å². The van der Waals surface area contributed by atoms with Gasteiger partial charge in [0.1, 0.15) is 5.75 Å². The zero-order valence-corrected chi connectivity index (χ0v) is 10.3. The number of carbonyl (C=O) groups excluding carboxylic acids is 2. The molecular weight excluding hydrogens is 236 g/mol. The second-order valence-electron chi connectivity index (χ2n) is 3.75. The molecule has 0 radical (unpaired) electrons. The molecule has 1 aromatic carbocycles. The van der Waals surface area contributed by atoms with E-state index in [2.05, 4.69) is 10.6 Å². The smallest absolute Gasteiger partial charge is 0.313 e. The van der Waals surface area contributed by atoms with Crippen molar-refractivity contribution >= 4 is 17.5 Å². The molecule has 0 unspecified atom stereocenters. The van der Waals surface area contributed by atoms with Crippen molar-refractivity contribution in [3.8, 4) is 5.75 Å². The molecule has 6 nitrogen and oxygen atoms in total. The van der Waals surface area contributed by atoms with Crippen molar-refractivity contribution in [1.82, 2.24) is 5.32 Å². The summed E-state index contributed by atoms with van der Waals surface area (Å²) >= 11 is 0. The van der Waals surface area contributed by atoms with Crippen LogP contribution in [-0.4, -0.2) is 36.7 Å². The summed E-state index contributed by atoms with van der Waals surface area (Å²) in [5.41, 5.74) is 0.464. The van der Waals surface area contributed by atoms with Crippen molar-refractivity contribution in [2.45, 2.75) is 13.0 Å². The van der Waals surface area contributed by atoms with Crippen molar-refractivity contribution in [3.63, 3.8) is 0 Å². The number of anilines is 1. The van der Waals surface area contributed by atoms with Crippen LogP contribution in [0.4, 0.5) is 5.69 Å². The molecule has 0 saturated carbocycles. The summed E-state index contributed by atoms with van der Waals surface area (Å²) in [5, 5.41) is 13.7. The molecule has 1 rings (SSSR count). The average Bonchev–Trinajstić information content (AvgIpc) is 2.36. The Hall–Kier alpha value is -2.08. The van der Waals surface area contributed by atoms with E-state index in [4.69, 9.17) is 9.84 Å². The molecule has 0 bridgehead atoms. The van der Waals surface area contributed by atoms with Gasteiger partial charge in [-0.05, 0) is 19.1 Å². The molecule has 0 fully saturated rings. The standard InChI is InChI=1S/C12H16N2O4/c1-8(15)7-13-11(16)12(17)14-9-4-3-5-10(6-9)18-2/h3-6,8,15H,7H2,1-2H3,(H,13,16)(H,14,17)/t8-/m1/s1. The van der Waals surface area contributed by atoms with Crippen LogP contribution in [0.25, 0.3) is 0 Å². The summed E-state index contributed by atoms with van der Waals surface area (Å²) < 4.78 is 4.99. The Labute approximate surface area is 105 Å². The van der Waals surface area contributed by atoms with Crippen LogP contribution in [0.1, 0.15) is 6.92 Å². The van der Waals surface area contributed by atoms with Gasteiger partial charge in [0.2, 0.25) is 0 Å². The van der Waals surface area contributed by atoms with Crippen LogP contribution in [0, 0.1) is 0 Å². The molecule has 98 valence electrons. The van der Waals surface area contributed by atoms with Crippen LogP contribution < -0.4 is 15.4 Å². The average molecular weight is 252 g/mol. The molecule has 0 spiro atoms. The highest BCUT2D eigenvalue weighted by atomic mass is 16.5. The zero-order chi connectivity index (χ0) is 13.5. The highest BCUT2D eigenvalue weighted by Gasteiger charge is 2.13. The summed E-state index contributed by atoms with van der Waals surface area (Å²) in [7, 11) is 1.51. The van der Waals surface area contributed by atoms with Gasteiger partial charge in [-0.1, -0.05) is 6.07 Å². The second kappa shape index (κ2) is 6.61. The third kappa shape index (κ3) is 4.42. The second-order valence-corrected chi connectivity index (χ2v) is 3.75. The van der Waals surface area contributed by atoms with E-state index in [9.17, 15) is 9.59 Å². The van der Waals surface area contributed by atoms with Crippen LogP contribution >= 0.6 is 0 Å². The van der Waals surface area contributed by atoms with Gasteiger partial charge in [-0.25, -0.2) is 0 Å². The maximum Gasteiger partial charge on any atom is 0.313 e. The van der Waals surface area contributed by atoms with Gasteiger partial charge in [0.05, 0.1) is 13.2 Å². The Morgan fingerprint density at radius 3 is 2.72 bits per heavy atom. The SMILES string of the molecule is COc1cccc(NC(=O)C(=O)NC[C@@H](C)O)c1. The minimum atomic E-state index is -0.793. The van der Waals surface area contributed by atoms with Gasteiger partial charge in [0.15, 0.2) is 0 Å². The predicted molar refractivity (Wildman–Crippen MR) is 66.3 cm³/mol. The summed E-state index contributed by atoms with van der Waals surface area (Å²) in [6.07, 6.45) is -0.696. The van der Waals surface area contributed by atoms with Crippen LogP contribution in [-0.2, 0) is 9.59 Å². The monoisotopic (exact) mass is 252 g/mol. The van der Waals surface area contributed by atoms with Crippen LogP contribution in [0.5, 0.6) is 5.75 Å². The first-order chi connectivity index (χ1) is 8.52. The maximum absolute atomic E-state index is 11.5. The van der Waals surface area contributed by atoms with E-state index in [1.165, 1.54) is 14.0 Å². The number of methoxy groups -OCH3 is 1. The van der Waals surface area contributed by atoms with Gasteiger partial charge in [-0.3, -0.25) is 9.59 Å². The molecule has 0 aromatic heterocycles. The molecule has 0 heterocycles. The van der Waals surface area contributed by atoms with Crippen LogP contribution in [0.3, 0.4) is 0 Å². The van der Waals surface area contributed by atoms with Crippen molar-refractivity contribution in [3.05, 3.63) is 24.3 Å². The van der Waals surface area contributed by atoms with Crippen molar-refractivity contribution < 1.29 is 19.4 Å². The number of hydrogen-bond acceptors (Lipinski definition) is 4. The summed E-state index contributed by atoms with van der Waals surface area (Å²) in [4.78, 5) is 22.8. The number of carbonyl (C=O) groups is 2. The van der Waals surface area contributed by atoms with E-state index in [0.717, 1.165) is 0 Å². The molecule has 3 N–H and O–H groups in total. The van der Waals surface area contributed by atoms with Gasteiger partial charge >= 0.3 is 11.8 Å². The Balaban J connectivity index is 2.55. The normalized spacial score (nSPS) is 11.5. The lowest BCUT2D eigenvalue weighted by molar-refractivity contribution is -0.136. The molecule has 0 aliphatic carbocycles.